The van der Waals surface area contributed by atoms with E-state index in [0.29, 0.717) is 0 Å². The van der Waals surface area contributed by atoms with Gasteiger partial charge in [-0.15, -0.1) is 22.2 Å². The first kappa shape index (κ1) is 13.1. The van der Waals surface area contributed by atoms with Crippen LogP contribution in [0.2, 0.25) is 6.04 Å². The van der Waals surface area contributed by atoms with Crippen LogP contribution in [0.3, 0.4) is 0 Å². The van der Waals surface area contributed by atoms with Crippen molar-refractivity contribution in [2.45, 2.75) is 39.2 Å². The summed E-state index contributed by atoms with van der Waals surface area (Å²) in [5.74, 6) is 0. The van der Waals surface area contributed by atoms with Crippen LogP contribution in [-0.4, -0.2) is 6.69 Å². The Morgan fingerprint density at radius 1 is 1.07 bits per heavy atom. The van der Waals surface area contributed by atoms with E-state index in [9.17, 15) is 0 Å². The summed E-state index contributed by atoms with van der Waals surface area (Å²) in [4.78, 5) is 0. The van der Waals surface area contributed by atoms with E-state index >= 15 is 0 Å². The minimum Gasteiger partial charge on any atom is -0.140 e. The maximum atomic E-state index is 6.31. The second kappa shape index (κ2) is 5.93. The van der Waals surface area contributed by atoms with Crippen molar-refractivity contribution >= 4 is 34.0 Å². The average molecular weight is 261 g/mol. The predicted molar refractivity (Wildman–Crippen MR) is 72.6 cm³/mol. The molecule has 0 bridgehead atoms. The van der Waals surface area contributed by atoms with Gasteiger partial charge >= 0.3 is 0 Å². The standard InChI is InChI=1S/C12H18Cl2Si/c1-3-5-6-11-7-9-12(10-8-11)15(13,14)4-2/h7-10H,3-6H2,1-2H3. The van der Waals surface area contributed by atoms with Crippen molar-refractivity contribution in [1.29, 1.82) is 0 Å². The second-order valence-corrected chi connectivity index (χ2v) is 11.0. The van der Waals surface area contributed by atoms with Crippen LogP contribution >= 0.6 is 22.2 Å². The summed E-state index contributed by atoms with van der Waals surface area (Å²) in [6.45, 7) is 2.10. The number of aryl methyl sites for hydroxylation is 1. The van der Waals surface area contributed by atoms with Crippen molar-refractivity contribution in [2.24, 2.45) is 0 Å². The fourth-order valence-electron chi connectivity index (χ4n) is 1.50. The summed E-state index contributed by atoms with van der Waals surface area (Å²) in [7, 11) is 0. The monoisotopic (exact) mass is 260 g/mol. The first-order chi connectivity index (χ1) is 7.10. The summed E-state index contributed by atoms with van der Waals surface area (Å²) in [6, 6.07) is 9.38. The highest BCUT2D eigenvalue weighted by Gasteiger charge is 2.27. The van der Waals surface area contributed by atoms with Gasteiger partial charge in [0.05, 0.1) is 0 Å². The minimum atomic E-state index is -2.16. The third-order valence-electron chi connectivity index (χ3n) is 2.64. The molecule has 0 aliphatic heterocycles. The molecule has 1 aromatic rings. The Bertz CT molecular complexity index is 293. The number of rotatable bonds is 5. The van der Waals surface area contributed by atoms with Crippen LogP contribution in [0.15, 0.2) is 24.3 Å². The lowest BCUT2D eigenvalue weighted by molar-refractivity contribution is 0.795. The molecular weight excluding hydrogens is 243 g/mol. The smallest absolute Gasteiger partial charge is 0.140 e. The summed E-state index contributed by atoms with van der Waals surface area (Å²) in [5.41, 5.74) is 1.38. The lowest BCUT2D eigenvalue weighted by Gasteiger charge is -2.14. The zero-order valence-corrected chi connectivity index (χ0v) is 11.9. The van der Waals surface area contributed by atoms with Crippen LogP contribution in [0, 0.1) is 0 Å². The van der Waals surface area contributed by atoms with Gasteiger partial charge in [-0.2, -0.15) is 0 Å². The number of benzene rings is 1. The van der Waals surface area contributed by atoms with E-state index in [0.717, 1.165) is 17.7 Å². The fraction of sp³-hybridized carbons (Fsp3) is 0.500. The molecule has 0 aliphatic carbocycles. The van der Waals surface area contributed by atoms with Gasteiger partial charge in [-0.3, -0.25) is 0 Å². The summed E-state index contributed by atoms with van der Waals surface area (Å²) < 4.78 is 0. The van der Waals surface area contributed by atoms with Crippen LogP contribution in [0.1, 0.15) is 32.3 Å². The molecule has 0 atom stereocenters. The number of halogens is 2. The fourth-order valence-corrected chi connectivity index (χ4v) is 3.32. The van der Waals surface area contributed by atoms with Crippen LogP contribution in [0.5, 0.6) is 0 Å². The van der Waals surface area contributed by atoms with E-state index in [4.69, 9.17) is 22.2 Å². The van der Waals surface area contributed by atoms with Crippen LogP contribution < -0.4 is 5.19 Å². The zero-order chi connectivity index (χ0) is 11.3. The summed E-state index contributed by atoms with van der Waals surface area (Å²) >= 11 is 12.6. The van der Waals surface area contributed by atoms with E-state index in [1.807, 2.05) is 0 Å². The Morgan fingerprint density at radius 2 is 1.67 bits per heavy atom. The predicted octanol–water partition coefficient (Wildman–Crippen LogP) is 4.18. The number of hydrogen-bond donors (Lipinski definition) is 0. The largest absolute Gasteiger partial charge is 0.280 e. The Hall–Kier alpha value is 0.0169. The molecule has 15 heavy (non-hydrogen) atoms. The third kappa shape index (κ3) is 3.82. The molecule has 0 amide bonds. The van der Waals surface area contributed by atoms with E-state index in [2.05, 4.69) is 38.1 Å². The Morgan fingerprint density at radius 3 is 2.13 bits per heavy atom. The van der Waals surface area contributed by atoms with Crippen molar-refractivity contribution in [3.05, 3.63) is 29.8 Å². The Kier molecular flexibility index (Phi) is 5.17. The van der Waals surface area contributed by atoms with E-state index in [-0.39, 0.29) is 0 Å². The molecule has 0 fully saturated rings. The maximum Gasteiger partial charge on any atom is 0.280 e. The normalized spacial score (nSPS) is 11.7. The molecule has 0 N–H and O–H groups in total. The maximum absolute atomic E-state index is 6.31. The first-order valence-corrected chi connectivity index (χ1v) is 9.80. The highest BCUT2D eigenvalue weighted by Crippen LogP contribution is 2.20. The second-order valence-electron chi connectivity index (χ2n) is 3.86. The van der Waals surface area contributed by atoms with Crippen LogP contribution in [0.25, 0.3) is 0 Å². The van der Waals surface area contributed by atoms with Gasteiger partial charge in [-0.1, -0.05) is 44.5 Å². The first-order valence-electron chi connectivity index (χ1n) is 5.57. The van der Waals surface area contributed by atoms with Gasteiger partial charge in [0.2, 0.25) is 0 Å². The molecule has 3 heteroatoms. The van der Waals surface area contributed by atoms with Gasteiger partial charge in [-0.05, 0) is 29.6 Å². The van der Waals surface area contributed by atoms with Crippen molar-refractivity contribution in [3.8, 4) is 0 Å². The molecule has 84 valence electrons. The molecule has 0 aliphatic rings. The Labute approximate surface area is 103 Å². The van der Waals surface area contributed by atoms with Crippen molar-refractivity contribution in [2.75, 3.05) is 0 Å². The molecule has 1 rings (SSSR count). The topological polar surface area (TPSA) is 0 Å². The third-order valence-corrected chi connectivity index (χ3v) is 7.62. The summed E-state index contributed by atoms with van der Waals surface area (Å²) in [6.07, 6.45) is 3.64. The van der Waals surface area contributed by atoms with Gasteiger partial charge in [0.15, 0.2) is 0 Å². The van der Waals surface area contributed by atoms with Gasteiger partial charge in [-0.25, -0.2) is 0 Å². The van der Waals surface area contributed by atoms with E-state index < -0.39 is 6.69 Å². The molecule has 0 unspecified atom stereocenters. The molecule has 0 aromatic heterocycles. The molecule has 0 spiro atoms. The highest BCUT2D eigenvalue weighted by molar-refractivity contribution is 7.50. The van der Waals surface area contributed by atoms with E-state index in [1.54, 1.807) is 0 Å². The molecule has 0 saturated carbocycles. The highest BCUT2D eigenvalue weighted by atomic mass is 35.7. The van der Waals surface area contributed by atoms with E-state index in [1.165, 1.54) is 18.4 Å². The molecule has 0 radical (unpaired) electrons. The SMILES string of the molecule is CCCCc1ccc([Si](Cl)(Cl)CC)cc1. The lowest BCUT2D eigenvalue weighted by Crippen LogP contribution is -2.35. The Balaban J connectivity index is 2.72. The molecule has 0 saturated heterocycles. The van der Waals surface area contributed by atoms with Gasteiger partial charge in [0.25, 0.3) is 6.69 Å². The van der Waals surface area contributed by atoms with Crippen molar-refractivity contribution in [1.82, 2.24) is 0 Å². The van der Waals surface area contributed by atoms with Crippen LogP contribution in [-0.2, 0) is 6.42 Å². The average Bonchev–Trinajstić information content (AvgIpc) is 2.27. The number of hydrogen-bond acceptors (Lipinski definition) is 0. The molecular formula is C12H18Cl2Si. The number of unbranched alkanes of at least 4 members (excludes halogenated alkanes) is 1. The van der Waals surface area contributed by atoms with Crippen molar-refractivity contribution in [3.63, 3.8) is 0 Å². The zero-order valence-electron chi connectivity index (χ0n) is 9.39. The van der Waals surface area contributed by atoms with Crippen LogP contribution in [0.4, 0.5) is 0 Å². The quantitative estimate of drug-likeness (QED) is 0.551. The summed E-state index contributed by atoms with van der Waals surface area (Å²) in [5, 5.41) is 1.13. The minimum absolute atomic E-state index is 0.865. The van der Waals surface area contributed by atoms with Gasteiger partial charge in [0, 0.05) is 0 Å². The molecule has 0 nitrogen and oxygen atoms in total. The van der Waals surface area contributed by atoms with Gasteiger partial charge < -0.3 is 0 Å². The lowest BCUT2D eigenvalue weighted by atomic mass is 10.1. The van der Waals surface area contributed by atoms with Gasteiger partial charge in [0.1, 0.15) is 0 Å². The molecule has 0 heterocycles. The molecule has 1 aromatic carbocycles. The van der Waals surface area contributed by atoms with Crippen molar-refractivity contribution < 1.29 is 0 Å².